The molecule has 0 aliphatic carbocycles. The van der Waals surface area contributed by atoms with Gasteiger partial charge in [0.2, 0.25) is 11.8 Å². The van der Waals surface area contributed by atoms with E-state index < -0.39 is 0 Å². The number of aryl methyl sites for hydroxylation is 1. The first kappa shape index (κ1) is 12.6. The van der Waals surface area contributed by atoms with Gasteiger partial charge in [-0.25, -0.2) is 0 Å². The summed E-state index contributed by atoms with van der Waals surface area (Å²) in [6, 6.07) is 0. The molecule has 0 spiro atoms. The van der Waals surface area contributed by atoms with Gasteiger partial charge in [0.25, 0.3) is 0 Å². The first-order chi connectivity index (χ1) is 7.37. The Hall–Kier alpha value is -1.43. The largest absolute Gasteiger partial charge is 0.366 e. The second-order valence-electron chi connectivity index (χ2n) is 4.41. The number of rotatable bonds is 4. The van der Waals surface area contributed by atoms with Gasteiger partial charge in [-0.05, 0) is 27.7 Å². The molecule has 1 amide bonds. The van der Waals surface area contributed by atoms with E-state index >= 15 is 0 Å². The van der Waals surface area contributed by atoms with Crippen LogP contribution in [0.3, 0.4) is 0 Å². The Kier molecular flexibility index (Phi) is 4.00. The summed E-state index contributed by atoms with van der Waals surface area (Å²) >= 11 is 0. The second kappa shape index (κ2) is 5.07. The molecule has 0 atom stereocenters. The third-order valence-corrected chi connectivity index (χ3v) is 1.64. The lowest BCUT2D eigenvalue weighted by Crippen LogP contribution is -2.31. The lowest BCUT2D eigenvalue weighted by atomic mass is 10.2. The second-order valence-corrected chi connectivity index (χ2v) is 4.41. The summed E-state index contributed by atoms with van der Waals surface area (Å²) in [6.07, 6.45) is 0. The maximum Gasteiger partial charge on any atom is 0.246 e. The van der Waals surface area contributed by atoms with Crippen molar-refractivity contribution >= 4 is 5.91 Å². The number of aromatic nitrogens is 2. The molecule has 0 aliphatic heterocycles. The van der Waals surface area contributed by atoms with E-state index in [2.05, 4.69) is 15.5 Å². The fourth-order valence-electron chi connectivity index (χ4n) is 0.919. The van der Waals surface area contributed by atoms with E-state index in [4.69, 9.17) is 9.26 Å². The number of carbonyl (C=O) groups is 1. The molecule has 1 aromatic heterocycles. The molecule has 6 heteroatoms. The number of hydrogen-bond donors (Lipinski definition) is 1. The number of amides is 1. The lowest BCUT2D eigenvalue weighted by molar-refractivity contribution is -0.130. The van der Waals surface area contributed by atoms with Crippen LogP contribution in [-0.2, 0) is 16.1 Å². The number of nitrogens with zero attached hydrogens (tertiary/aromatic N) is 2. The Bertz CT molecular complexity index is 354. The fourth-order valence-corrected chi connectivity index (χ4v) is 0.919. The molecule has 1 N–H and O–H groups in total. The highest BCUT2D eigenvalue weighted by atomic mass is 16.5. The monoisotopic (exact) mass is 227 g/mol. The van der Waals surface area contributed by atoms with Crippen molar-refractivity contribution in [3.8, 4) is 0 Å². The molecular formula is C10H17N3O3. The standard InChI is InChI=1S/C10H17N3O3/c1-7-12-9(16-13-7)5-11-8(14)6-15-10(2,3)4/h5-6H2,1-4H3,(H,11,14). The maximum absolute atomic E-state index is 11.3. The SMILES string of the molecule is Cc1noc(CNC(=O)COC(C)(C)C)n1. The first-order valence-corrected chi connectivity index (χ1v) is 5.07. The van der Waals surface area contributed by atoms with Crippen LogP contribution in [0.1, 0.15) is 32.5 Å². The summed E-state index contributed by atoms with van der Waals surface area (Å²) < 4.78 is 10.1. The summed E-state index contributed by atoms with van der Waals surface area (Å²) in [5, 5.41) is 6.24. The highest BCUT2D eigenvalue weighted by Gasteiger charge is 2.13. The Morgan fingerprint density at radius 2 is 2.19 bits per heavy atom. The average molecular weight is 227 g/mol. The molecule has 16 heavy (non-hydrogen) atoms. The van der Waals surface area contributed by atoms with Crippen LogP contribution in [0, 0.1) is 6.92 Å². The highest BCUT2D eigenvalue weighted by Crippen LogP contribution is 2.05. The van der Waals surface area contributed by atoms with Crippen molar-refractivity contribution < 1.29 is 14.1 Å². The van der Waals surface area contributed by atoms with E-state index in [1.54, 1.807) is 6.92 Å². The third kappa shape index (κ3) is 4.88. The van der Waals surface area contributed by atoms with Crippen molar-refractivity contribution in [3.63, 3.8) is 0 Å². The number of hydrogen-bond acceptors (Lipinski definition) is 5. The quantitative estimate of drug-likeness (QED) is 0.823. The van der Waals surface area contributed by atoms with Crippen LogP contribution < -0.4 is 5.32 Å². The van der Waals surface area contributed by atoms with Gasteiger partial charge in [0.05, 0.1) is 12.1 Å². The van der Waals surface area contributed by atoms with E-state index in [1.807, 2.05) is 20.8 Å². The minimum Gasteiger partial charge on any atom is -0.366 e. The van der Waals surface area contributed by atoms with Gasteiger partial charge < -0.3 is 14.6 Å². The van der Waals surface area contributed by atoms with E-state index in [9.17, 15) is 4.79 Å². The highest BCUT2D eigenvalue weighted by molar-refractivity contribution is 5.77. The number of carbonyl (C=O) groups excluding carboxylic acids is 1. The zero-order valence-corrected chi connectivity index (χ0v) is 10.0. The molecule has 1 aromatic rings. The van der Waals surface area contributed by atoms with Gasteiger partial charge in [-0.15, -0.1) is 0 Å². The van der Waals surface area contributed by atoms with Crippen molar-refractivity contribution in [2.45, 2.75) is 39.8 Å². The van der Waals surface area contributed by atoms with Gasteiger partial charge in [0, 0.05) is 0 Å². The van der Waals surface area contributed by atoms with Crippen LogP contribution in [0.2, 0.25) is 0 Å². The molecule has 6 nitrogen and oxygen atoms in total. The number of nitrogens with one attached hydrogen (secondary N) is 1. The maximum atomic E-state index is 11.3. The minimum absolute atomic E-state index is 0.0244. The topological polar surface area (TPSA) is 77.2 Å². The van der Waals surface area contributed by atoms with Gasteiger partial charge in [0.15, 0.2) is 5.82 Å². The summed E-state index contributed by atoms with van der Waals surface area (Å²) in [7, 11) is 0. The number of ether oxygens (including phenoxy) is 1. The molecule has 0 aromatic carbocycles. The zero-order valence-electron chi connectivity index (χ0n) is 10.0. The molecular weight excluding hydrogens is 210 g/mol. The summed E-state index contributed by atoms with van der Waals surface area (Å²) in [4.78, 5) is 15.3. The Labute approximate surface area is 94.4 Å². The third-order valence-electron chi connectivity index (χ3n) is 1.64. The van der Waals surface area contributed by atoms with Gasteiger partial charge in [-0.2, -0.15) is 4.98 Å². The molecule has 0 radical (unpaired) electrons. The summed E-state index contributed by atoms with van der Waals surface area (Å²) in [5.74, 6) is 0.738. The smallest absolute Gasteiger partial charge is 0.246 e. The van der Waals surface area contributed by atoms with E-state index in [1.165, 1.54) is 0 Å². The van der Waals surface area contributed by atoms with Crippen molar-refractivity contribution in [2.24, 2.45) is 0 Å². The van der Waals surface area contributed by atoms with Crippen LogP contribution in [-0.4, -0.2) is 28.3 Å². The van der Waals surface area contributed by atoms with Crippen LogP contribution >= 0.6 is 0 Å². The molecule has 0 unspecified atom stereocenters. The lowest BCUT2D eigenvalue weighted by Gasteiger charge is -2.18. The van der Waals surface area contributed by atoms with Gasteiger partial charge in [0.1, 0.15) is 6.61 Å². The van der Waals surface area contributed by atoms with E-state index in [0.29, 0.717) is 11.7 Å². The van der Waals surface area contributed by atoms with Crippen molar-refractivity contribution in [2.75, 3.05) is 6.61 Å². The normalized spacial score (nSPS) is 11.5. The molecule has 0 aliphatic rings. The van der Waals surface area contributed by atoms with E-state index in [0.717, 1.165) is 0 Å². The molecule has 1 rings (SSSR count). The van der Waals surface area contributed by atoms with Crippen LogP contribution in [0.15, 0.2) is 4.52 Å². The molecule has 0 fully saturated rings. The molecule has 1 heterocycles. The van der Waals surface area contributed by atoms with Gasteiger partial charge in [-0.3, -0.25) is 4.79 Å². The first-order valence-electron chi connectivity index (χ1n) is 5.07. The predicted molar refractivity (Wildman–Crippen MR) is 56.6 cm³/mol. The fraction of sp³-hybridized carbons (Fsp3) is 0.700. The summed E-state index contributed by atoms with van der Waals surface area (Å²) in [5.41, 5.74) is -0.321. The van der Waals surface area contributed by atoms with Crippen LogP contribution in [0.25, 0.3) is 0 Å². The van der Waals surface area contributed by atoms with E-state index in [-0.39, 0.29) is 24.7 Å². The van der Waals surface area contributed by atoms with Crippen molar-refractivity contribution in [1.82, 2.24) is 15.5 Å². The van der Waals surface area contributed by atoms with Gasteiger partial charge in [-0.1, -0.05) is 5.16 Å². The summed E-state index contributed by atoms with van der Waals surface area (Å²) in [6.45, 7) is 7.65. The Balaban J connectivity index is 2.25. The molecule has 0 bridgehead atoms. The Morgan fingerprint density at radius 1 is 1.50 bits per heavy atom. The molecule has 90 valence electrons. The molecule has 0 saturated heterocycles. The zero-order chi connectivity index (χ0) is 12.2. The molecule has 0 saturated carbocycles. The average Bonchev–Trinajstić information content (AvgIpc) is 2.57. The van der Waals surface area contributed by atoms with Crippen LogP contribution in [0.4, 0.5) is 0 Å². The predicted octanol–water partition coefficient (Wildman–Crippen LogP) is 0.809. The minimum atomic E-state index is -0.321. The van der Waals surface area contributed by atoms with Crippen molar-refractivity contribution in [3.05, 3.63) is 11.7 Å². The Morgan fingerprint density at radius 3 is 2.69 bits per heavy atom. The van der Waals surface area contributed by atoms with Crippen LogP contribution in [0.5, 0.6) is 0 Å². The van der Waals surface area contributed by atoms with Crippen molar-refractivity contribution in [1.29, 1.82) is 0 Å². The van der Waals surface area contributed by atoms with Gasteiger partial charge >= 0.3 is 0 Å².